The maximum Gasteiger partial charge on any atom is 0.165 e. The Kier molecular flexibility index (Phi) is 2.78. The number of imidazole rings is 1. The highest BCUT2D eigenvalue weighted by atomic mass is 15.3. The smallest absolute Gasteiger partial charge is 0.165 e. The molecule has 110 valence electrons. The molecule has 0 saturated carbocycles. The van der Waals surface area contributed by atoms with Crippen LogP contribution in [-0.4, -0.2) is 33.9 Å². The van der Waals surface area contributed by atoms with Crippen LogP contribution < -0.4 is 0 Å². The molecule has 0 fully saturated rings. The first kappa shape index (κ1) is 12.8. The fourth-order valence-corrected chi connectivity index (χ4v) is 2.43. The van der Waals surface area contributed by atoms with E-state index in [-0.39, 0.29) is 0 Å². The molecule has 0 aliphatic carbocycles. The lowest BCUT2D eigenvalue weighted by Gasteiger charge is -2.05. The van der Waals surface area contributed by atoms with Crippen LogP contribution in [0.15, 0.2) is 49.4 Å². The van der Waals surface area contributed by atoms with Gasteiger partial charge in [0, 0.05) is 37.0 Å². The summed E-state index contributed by atoms with van der Waals surface area (Å²) in [4.78, 5) is 8.86. The van der Waals surface area contributed by atoms with E-state index >= 15 is 0 Å². The fraction of sp³-hybridized carbons (Fsp3) is 0.200. The van der Waals surface area contributed by atoms with Gasteiger partial charge in [0.15, 0.2) is 5.65 Å². The van der Waals surface area contributed by atoms with Crippen molar-refractivity contribution in [3.8, 4) is 17.1 Å². The second kappa shape index (κ2) is 4.80. The number of hydrogen-bond acceptors (Lipinski definition) is 4. The molecule has 0 aliphatic rings. The van der Waals surface area contributed by atoms with Gasteiger partial charge in [-0.15, -0.1) is 0 Å². The van der Waals surface area contributed by atoms with Crippen molar-refractivity contribution < 1.29 is 0 Å². The molecule has 0 aromatic carbocycles. The maximum atomic E-state index is 4.47. The molecule has 4 aromatic heterocycles. The van der Waals surface area contributed by atoms with Crippen molar-refractivity contribution in [2.45, 2.75) is 19.9 Å². The summed E-state index contributed by atoms with van der Waals surface area (Å²) in [6, 6.07) is 2.17. The molecule has 22 heavy (non-hydrogen) atoms. The van der Waals surface area contributed by atoms with Crippen LogP contribution in [0.5, 0.6) is 0 Å². The van der Waals surface area contributed by atoms with Gasteiger partial charge in [0.05, 0.1) is 23.6 Å². The summed E-state index contributed by atoms with van der Waals surface area (Å²) in [5, 5.41) is 8.71. The molecule has 4 aromatic rings. The molecule has 0 atom stereocenters. The predicted molar refractivity (Wildman–Crippen MR) is 81.7 cm³/mol. The van der Waals surface area contributed by atoms with Crippen LogP contribution in [0.3, 0.4) is 0 Å². The van der Waals surface area contributed by atoms with Gasteiger partial charge in [0.2, 0.25) is 0 Å². The van der Waals surface area contributed by atoms with Gasteiger partial charge >= 0.3 is 0 Å². The Hall–Kier alpha value is -2.96. The van der Waals surface area contributed by atoms with E-state index in [1.165, 1.54) is 0 Å². The minimum absolute atomic E-state index is 0.319. The van der Waals surface area contributed by atoms with Gasteiger partial charge in [-0.05, 0) is 19.9 Å². The van der Waals surface area contributed by atoms with Crippen molar-refractivity contribution in [1.82, 2.24) is 33.9 Å². The summed E-state index contributed by atoms with van der Waals surface area (Å²) >= 11 is 0. The highest BCUT2D eigenvalue weighted by molar-refractivity contribution is 5.73. The first-order chi connectivity index (χ1) is 10.7. The topological polar surface area (TPSA) is 65.8 Å². The molecule has 7 nitrogen and oxygen atoms in total. The van der Waals surface area contributed by atoms with Crippen molar-refractivity contribution >= 4 is 5.65 Å². The third-order valence-corrected chi connectivity index (χ3v) is 3.56. The van der Waals surface area contributed by atoms with E-state index < -0.39 is 0 Å². The normalized spacial score (nSPS) is 11.6. The lowest BCUT2D eigenvalue weighted by Crippen LogP contribution is -2.00. The molecule has 0 saturated heterocycles. The largest absolute Gasteiger partial charge is 0.296 e. The van der Waals surface area contributed by atoms with Crippen molar-refractivity contribution in [1.29, 1.82) is 0 Å². The Morgan fingerprint density at radius 3 is 2.73 bits per heavy atom. The van der Waals surface area contributed by atoms with Gasteiger partial charge in [-0.25, -0.2) is 14.5 Å². The monoisotopic (exact) mass is 293 g/mol. The zero-order chi connectivity index (χ0) is 15.1. The van der Waals surface area contributed by atoms with E-state index in [2.05, 4.69) is 34.0 Å². The summed E-state index contributed by atoms with van der Waals surface area (Å²) in [5.74, 6) is 0.803. The fourth-order valence-electron chi connectivity index (χ4n) is 2.43. The first-order valence-electron chi connectivity index (χ1n) is 7.10. The summed E-state index contributed by atoms with van der Waals surface area (Å²) in [7, 11) is 0. The number of nitrogens with zero attached hydrogens (tertiary/aromatic N) is 7. The molecule has 0 spiro atoms. The van der Waals surface area contributed by atoms with E-state index in [1.54, 1.807) is 23.1 Å². The number of hydrogen-bond donors (Lipinski definition) is 0. The van der Waals surface area contributed by atoms with E-state index in [9.17, 15) is 0 Å². The first-order valence-corrected chi connectivity index (χ1v) is 7.10. The van der Waals surface area contributed by atoms with Crippen molar-refractivity contribution in [2.24, 2.45) is 0 Å². The molecular weight excluding hydrogens is 278 g/mol. The lowest BCUT2D eigenvalue weighted by atomic mass is 10.3. The molecule has 4 heterocycles. The summed E-state index contributed by atoms with van der Waals surface area (Å²) in [5.41, 5.74) is 2.64. The van der Waals surface area contributed by atoms with Crippen LogP contribution in [0.4, 0.5) is 0 Å². The average Bonchev–Trinajstić information content (AvgIpc) is 3.24. The van der Waals surface area contributed by atoms with Gasteiger partial charge in [-0.1, -0.05) is 0 Å². The predicted octanol–water partition coefficient (Wildman–Crippen LogP) is 2.36. The maximum absolute atomic E-state index is 4.47. The SMILES string of the molecule is CC(C)n1cc(-n2ccnc2-c2cnn3cccnc23)cn1. The Bertz CT molecular complexity index is 928. The molecule has 0 aliphatic heterocycles. The Balaban J connectivity index is 1.86. The molecule has 0 radical (unpaired) electrons. The standard InChI is InChI=1S/C15H15N7/c1-11(2)22-10-12(8-18-22)20-7-5-17-14(20)13-9-19-21-6-3-4-16-15(13)21/h3-11H,1-2H3. The van der Waals surface area contributed by atoms with Crippen LogP contribution in [0, 0.1) is 0 Å². The molecule has 0 amide bonds. The second-order valence-electron chi connectivity index (χ2n) is 5.34. The third kappa shape index (κ3) is 1.90. The second-order valence-corrected chi connectivity index (χ2v) is 5.34. The van der Waals surface area contributed by atoms with Crippen LogP contribution >= 0.6 is 0 Å². The lowest BCUT2D eigenvalue weighted by molar-refractivity contribution is 0.532. The summed E-state index contributed by atoms with van der Waals surface area (Å²) in [6.07, 6.45) is 13.0. The highest BCUT2D eigenvalue weighted by Gasteiger charge is 2.15. The van der Waals surface area contributed by atoms with E-state index in [1.807, 2.05) is 40.1 Å². The quantitative estimate of drug-likeness (QED) is 0.581. The minimum atomic E-state index is 0.319. The molecule has 0 unspecified atom stereocenters. The number of aromatic nitrogens is 7. The number of rotatable bonds is 3. The molecular formula is C15H15N7. The Morgan fingerprint density at radius 2 is 1.91 bits per heavy atom. The van der Waals surface area contributed by atoms with Gasteiger partial charge in [0.1, 0.15) is 5.82 Å². The Morgan fingerprint density at radius 1 is 1.00 bits per heavy atom. The molecule has 0 N–H and O–H groups in total. The van der Waals surface area contributed by atoms with E-state index in [0.29, 0.717) is 6.04 Å². The Labute approximate surface area is 126 Å². The highest BCUT2D eigenvalue weighted by Crippen LogP contribution is 2.24. The van der Waals surface area contributed by atoms with Gasteiger partial charge in [-0.2, -0.15) is 10.2 Å². The summed E-state index contributed by atoms with van der Waals surface area (Å²) < 4.78 is 5.66. The third-order valence-electron chi connectivity index (χ3n) is 3.56. The van der Waals surface area contributed by atoms with Gasteiger partial charge < -0.3 is 0 Å². The minimum Gasteiger partial charge on any atom is -0.296 e. The zero-order valence-corrected chi connectivity index (χ0v) is 12.3. The summed E-state index contributed by atoms with van der Waals surface area (Å²) in [6.45, 7) is 4.20. The van der Waals surface area contributed by atoms with Crippen LogP contribution in [0.1, 0.15) is 19.9 Å². The van der Waals surface area contributed by atoms with Crippen molar-refractivity contribution in [3.05, 3.63) is 49.4 Å². The van der Waals surface area contributed by atoms with E-state index in [0.717, 1.165) is 22.7 Å². The van der Waals surface area contributed by atoms with Gasteiger partial charge in [-0.3, -0.25) is 9.25 Å². The molecule has 0 bridgehead atoms. The van der Waals surface area contributed by atoms with Crippen LogP contribution in [0.2, 0.25) is 0 Å². The zero-order valence-electron chi connectivity index (χ0n) is 12.3. The van der Waals surface area contributed by atoms with Crippen molar-refractivity contribution in [2.75, 3.05) is 0 Å². The number of fused-ring (bicyclic) bond motifs is 1. The van der Waals surface area contributed by atoms with Crippen LogP contribution in [-0.2, 0) is 0 Å². The molecule has 4 rings (SSSR count). The average molecular weight is 293 g/mol. The van der Waals surface area contributed by atoms with E-state index in [4.69, 9.17) is 0 Å². The van der Waals surface area contributed by atoms with Crippen LogP contribution in [0.25, 0.3) is 22.7 Å². The van der Waals surface area contributed by atoms with Crippen molar-refractivity contribution in [3.63, 3.8) is 0 Å². The van der Waals surface area contributed by atoms with Gasteiger partial charge in [0.25, 0.3) is 0 Å². The molecule has 7 heteroatoms.